The molecule has 0 aliphatic heterocycles. The van der Waals surface area contributed by atoms with Crippen LogP contribution in [0.2, 0.25) is 0 Å². The van der Waals surface area contributed by atoms with Crippen molar-refractivity contribution in [3.05, 3.63) is 78.3 Å². The zero-order valence-electron chi connectivity index (χ0n) is 14.3. The van der Waals surface area contributed by atoms with E-state index in [1.54, 1.807) is 24.8 Å². The van der Waals surface area contributed by atoms with Crippen molar-refractivity contribution in [1.82, 2.24) is 29.3 Å². The number of hydrogen-bond acceptors (Lipinski definition) is 4. The molecule has 0 saturated carbocycles. The lowest BCUT2D eigenvalue weighted by Gasteiger charge is -2.07. The molecule has 6 heteroatoms. The van der Waals surface area contributed by atoms with Crippen molar-refractivity contribution < 1.29 is 0 Å². The summed E-state index contributed by atoms with van der Waals surface area (Å²) in [7, 11) is 0. The second kappa shape index (κ2) is 6.22. The van der Waals surface area contributed by atoms with E-state index in [9.17, 15) is 0 Å². The zero-order chi connectivity index (χ0) is 17.3. The minimum atomic E-state index is 0.689. The first-order chi connectivity index (χ1) is 12.9. The van der Waals surface area contributed by atoms with Crippen molar-refractivity contribution >= 4 is 0 Å². The molecule has 0 bridgehead atoms. The van der Waals surface area contributed by atoms with Gasteiger partial charge >= 0.3 is 0 Å². The van der Waals surface area contributed by atoms with Crippen LogP contribution in [0.5, 0.6) is 0 Å². The van der Waals surface area contributed by atoms with Crippen LogP contribution in [0.1, 0.15) is 23.4 Å². The van der Waals surface area contributed by atoms with Gasteiger partial charge in [0, 0.05) is 30.5 Å². The van der Waals surface area contributed by atoms with Gasteiger partial charge in [0.15, 0.2) is 5.82 Å². The molecule has 0 atom stereocenters. The number of imidazole rings is 1. The molecule has 0 unspecified atom stereocenters. The van der Waals surface area contributed by atoms with Crippen molar-refractivity contribution in [3.8, 4) is 17.2 Å². The van der Waals surface area contributed by atoms with Gasteiger partial charge in [-0.05, 0) is 37.0 Å². The summed E-state index contributed by atoms with van der Waals surface area (Å²) in [6, 6.07) is 10.4. The number of para-hydroxylation sites is 1. The van der Waals surface area contributed by atoms with Gasteiger partial charge in [-0.3, -0.25) is 4.98 Å². The van der Waals surface area contributed by atoms with E-state index >= 15 is 0 Å². The van der Waals surface area contributed by atoms with Crippen LogP contribution in [0.3, 0.4) is 0 Å². The second-order valence-electron chi connectivity index (χ2n) is 6.44. The standard InChI is InChI=1S/C20H18N6/c1-2-5-15(6-3-1)26-19-8-4-7-16(19)18(24-26)14-25-12-11-23-20(25)17-13-21-9-10-22-17/h1-3,5-6,9-13H,4,7-8,14H2. The molecule has 5 rings (SSSR count). The zero-order valence-corrected chi connectivity index (χ0v) is 14.3. The minimum absolute atomic E-state index is 0.689. The quantitative estimate of drug-likeness (QED) is 0.572. The van der Waals surface area contributed by atoms with Gasteiger partial charge in [0.25, 0.3) is 0 Å². The molecule has 0 spiro atoms. The van der Waals surface area contributed by atoms with Crippen LogP contribution >= 0.6 is 0 Å². The van der Waals surface area contributed by atoms with E-state index in [1.807, 2.05) is 12.3 Å². The fraction of sp³-hybridized carbons (Fsp3) is 0.200. The molecule has 1 aromatic carbocycles. The lowest BCUT2D eigenvalue weighted by atomic mass is 10.2. The van der Waals surface area contributed by atoms with Gasteiger partial charge in [-0.2, -0.15) is 5.10 Å². The monoisotopic (exact) mass is 342 g/mol. The van der Waals surface area contributed by atoms with E-state index in [0.717, 1.165) is 35.7 Å². The third-order valence-corrected chi connectivity index (χ3v) is 4.84. The summed E-state index contributed by atoms with van der Waals surface area (Å²) in [6.45, 7) is 0.689. The highest BCUT2D eigenvalue weighted by molar-refractivity contribution is 5.48. The summed E-state index contributed by atoms with van der Waals surface area (Å²) >= 11 is 0. The number of aromatic nitrogens is 6. The van der Waals surface area contributed by atoms with Crippen LogP contribution in [0.25, 0.3) is 17.2 Å². The first-order valence-corrected chi connectivity index (χ1v) is 8.83. The molecule has 0 amide bonds. The summed E-state index contributed by atoms with van der Waals surface area (Å²) < 4.78 is 4.21. The molecule has 0 fully saturated rings. The molecule has 4 aromatic rings. The Bertz CT molecular complexity index is 1030. The van der Waals surface area contributed by atoms with E-state index in [-0.39, 0.29) is 0 Å². The Morgan fingerprint density at radius 3 is 2.73 bits per heavy atom. The Balaban J connectivity index is 1.54. The molecular weight excluding hydrogens is 324 g/mol. The predicted octanol–water partition coefficient (Wildman–Crippen LogP) is 3.06. The van der Waals surface area contributed by atoms with Crippen molar-refractivity contribution in [2.45, 2.75) is 25.8 Å². The lowest BCUT2D eigenvalue weighted by Crippen LogP contribution is -2.06. The number of nitrogens with zero attached hydrogens (tertiary/aromatic N) is 6. The second-order valence-corrected chi connectivity index (χ2v) is 6.44. The van der Waals surface area contributed by atoms with E-state index in [4.69, 9.17) is 5.10 Å². The molecule has 0 N–H and O–H groups in total. The molecule has 0 saturated heterocycles. The number of benzene rings is 1. The molecule has 128 valence electrons. The Hall–Kier alpha value is -3.28. The Morgan fingerprint density at radius 1 is 0.962 bits per heavy atom. The van der Waals surface area contributed by atoms with E-state index in [1.165, 1.54) is 17.7 Å². The maximum atomic E-state index is 4.94. The highest BCUT2D eigenvalue weighted by Gasteiger charge is 2.23. The normalized spacial score (nSPS) is 13.1. The molecule has 3 heterocycles. The van der Waals surface area contributed by atoms with Gasteiger partial charge in [-0.25, -0.2) is 14.6 Å². The van der Waals surface area contributed by atoms with Crippen molar-refractivity contribution in [2.24, 2.45) is 0 Å². The smallest absolute Gasteiger partial charge is 0.160 e. The average molecular weight is 342 g/mol. The van der Waals surface area contributed by atoms with Gasteiger partial charge in [0.1, 0.15) is 5.69 Å². The van der Waals surface area contributed by atoms with Crippen molar-refractivity contribution in [3.63, 3.8) is 0 Å². The van der Waals surface area contributed by atoms with Crippen LogP contribution in [0.15, 0.2) is 61.3 Å². The Labute approximate surface area is 151 Å². The minimum Gasteiger partial charge on any atom is -0.324 e. The SMILES string of the molecule is c1ccc(-n2nc(Cn3ccnc3-c3cnccn3)c3c2CCC3)cc1. The van der Waals surface area contributed by atoms with Crippen LogP contribution in [-0.4, -0.2) is 29.3 Å². The van der Waals surface area contributed by atoms with Gasteiger partial charge in [-0.15, -0.1) is 0 Å². The first kappa shape index (κ1) is 15.0. The lowest BCUT2D eigenvalue weighted by molar-refractivity contribution is 0.716. The summed E-state index contributed by atoms with van der Waals surface area (Å²) in [4.78, 5) is 13.0. The van der Waals surface area contributed by atoms with Crippen LogP contribution in [-0.2, 0) is 19.4 Å². The number of fused-ring (bicyclic) bond motifs is 1. The maximum absolute atomic E-state index is 4.94. The van der Waals surface area contributed by atoms with Gasteiger partial charge in [0.05, 0.1) is 24.1 Å². The Morgan fingerprint density at radius 2 is 1.88 bits per heavy atom. The molecular formula is C20H18N6. The Kier molecular flexibility index (Phi) is 3.59. The number of rotatable bonds is 4. The van der Waals surface area contributed by atoms with Crippen LogP contribution in [0.4, 0.5) is 0 Å². The van der Waals surface area contributed by atoms with Crippen LogP contribution in [0, 0.1) is 0 Å². The third kappa shape index (κ3) is 2.50. The first-order valence-electron chi connectivity index (χ1n) is 8.83. The van der Waals surface area contributed by atoms with Gasteiger partial charge in [0.2, 0.25) is 0 Å². The van der Waals surface area contributed by atoms with E-state index < -0.39 is 0 Å². The van der Waals surface area contributed by atoms with Crippen LogP contribution < -0.4 is 0 Å². The fourth-order valence-electron chi connectivity index (χ4n) is 3.67. The molecule has 26 heavy (non-hydrogen) atoms. The summed E-state index contributed by atoms with van der Waals surface area (Å²) in [6.07, 6.45) is 12.2. The molecule has 0 radical (unpaired) electrons. The third-order valence-electron chi connectivity index (χ3n) is 4.84. The molecule has 1 aliphatic rings. The molecule has 3 aromatic heterocycles. The van der Waals surface area contributed by atoms with Gasteiger partial charge < -0.3 is 4.57 Å². The topological polar surface area (TPSA) is 61.4 Å². The molecule has 6 nitrogen and oxygen atoms in total. The summed E-state index contributed by atoms with van der Waals surface area (Å²) in [5.41, 5.74) is 5.73. The van der Waals surface area contributed by atoms with Crippen molar-refractivity contribution in [1.29, 1.82) is 0 Å². The number of hydrogen-bond donors (Lipinski definition) is 0. The summed E-state index contributed by atoms with van der Waals surface area (Å²) in [5.74, 6) is 0.819. The van der Waals surface area contributed by atoms with E-state index in [2.05, 4.69) is 48.5 Å². The highest BCUT2D eigenvalue weighted by atomic mass is 15.3. The average Bonchev–Trinajstić information content (AvgIpc) is 3.41. The van der Waals surface area contributed by atoms with Gasteiger partial charge in [-0.1, -0.05) is 18.2 Å². The predicted molar refractivity (Wildman–Crippen MR) is 97.9 cm³/mol. The van der Waals surface area contributed by atoms with E-state index in [0.29, 0.717) is 6.54 Å². The van der Waals surface area contributed by atoms with Crippen molar-refractivity contribution in [2.75, 3.05) is 0 Å². The summed E-state index contributed by atoms with van der Waals surface area (Å²) in [5, 5.41) is 4.94. The largest absolute Gasteiger partial charge is 0.324 e. The molecule has 1 aliphatic carbocycles. The fourth-order valence-corrected chi connectivity index (χ4v) is 3.67. The highest BCUT2D eigenvalue weighted by Crippen LogP contribution is 2.29. The maximum Gasteiger partial charge on any atom is 0.160 e.